The summed E-state index contributed by atoms with van der Waals surface area (Å²) in [6.07, 6.45) is 9.20. The van der Waals surface area contributed by atoms with Crippen LogP contribution in [0.5, 0.6) is 0 Å². The van der Waals surface area contributed by atoms with Crippen molar-refractivity contribution < 1.29 is 18.0 Å². The molecule has 2 aromatic rings. The summed E-state index contributed by atoms with van der Waals surface area (Å²) < 4.78 is 26.1. The molecule has 2 heterocycles. The third-order valence-corrected chi connectivity index (χ3v) is 7.39. The number of likely N-dealkylation sites (tertiary alicyclic amines) is 1. The van der Waals surface area contributed by atoms with Gasteiger partial charge in [0.1, 0.15) is 0 Å². The molecule has 0 aliphatic carbocycles. The number of piperidine rings is 1. The number of hydrogen-bond acceptors (Lipinski definition) is 6. The Kier molecular flexibility index (Phi) is 8.61. The second-order valence-corrected chi connectivity index (χ2v) is 10.4. The van der Waals surface area contributed by atoms with Gasteiger partial charge in [-0.15, -0.1) is 6.42 Å². The molecule has 1 fully saturated rings. The van der Waals surface area contributed by atoms with E-state index in [1.807, 2.05) is 24.4 Å². The number of rotatable bonds is 9. The smallest absolute Gasteiger partial charge is 0.240 e. The van der Waals surface area contributed by atoms with Gasteiger partial charge in [-0.05, 0) is 31.2 Å². The summed E-state index contributed by atoms with van der Waals surface area (Å²) in [7, 11) is -3.62. The van der Waals surface area contributed by atoms with Crippen LogP contribution in [0.3, 0.4) is 0 Å². The highest BCUT2D eigenvalue weighted by atomic mass is 32.2. The Morgan fingerprint density at radius 3 is 2.59 bits per heavy atom. The number of sulfonamides is 1. The lowest BCUT2D eigenvalue weighted by atomic mass is 10.00. The second kappa shape index (κ2) is 11.4. The number of fused-ring (bicyclic) bond motifs is 1. The highest BCUT2D eigenvalue weighted by molar-refractivity contribution is 7.88. The normalized spacial score (nSPS) is 16.2. The van der Waals surface area contributed by atoms with E-state index in [9.17, 15) is 18.0 Å². The zero-order valence-corrected chi connectivity index (χ0v) is 20.3. The number of amides is 2. The van der Waals surface area contributed by atoms with E-state index >= 15 is 0 Å². The van der Waals surface area contributed by atoms with Crippen LogP contribution in [0, 0.1) is 12.3 Å². The van der Waals surface area contributed by atoms with Crippen LogP contribution < -0.4 is 10.6 Å². The first-order valence-corrected chi connectivity index (χ1v) is 13.1. The Morgan fingerprint density at radius 1 is 1.21 bits per heavy atom. The van der Waals surface area contributed by atoms with E-state index in [-0.39, 0.29) is 31.7 Å². The van der Waals surface area contributed by atoms with E-state index in [0.717, 1.165) is 22.7 Å². The molecule has 3 rings (SSSR count). The van der Waals surface area contributed by atoms with E-state index < -0.39 is 21.8 Å². The van der Waals surface area contributed by atoms with Gasteiger partial charge in [0.25, 0.3) is 0 Å². The maximum Gasteiger partial charge on any atom is 0.240 e. The van der Waals surface area contributed by atoms with E-state index in [1.54, 1.807) is 0 Å². The topological polar surface area (TPSA) is 112 Å². The Labute approximate surface area is 201 Å². The van der Waals surface area contributed by atoms with Gasteiger partial charge >= 0.3 is 0 Å². The number of pyridine rings is 1. The summed E-state index contributed by atoms with van der Waals surface area (Å²) in [5.41, 5.74) is 0.999. The van der Waals surface area contributed by atoms with Crippen LogP contribution >= 0.6 is 0 Å². The molecule has 0 spiro atoms. The maximum atomic E-state index is 12.4. The molecule has 0 bridgehead atoms. The van der Waals surface area contributed by atoms with Crippen molar-refractivity contribution >= 4 is 32.6 Å². The van der Waals surface area contributed by atoms with E-state index in [2.05, 4.69) is 45.5 Å². The SMILES string of the molecule is C#CCNC(=O)CNC(=O)CN(C1CCN(C(C)c2nccc3ccccc23)CC1)S(C)(=O)=O. The van der Waals surface area contributed by atoms with E-state index in [0.29, 0.717) is 25.9 Å². The van der Waals surface area contributed by atoms with Crippen molar-refractivity contribution in [1.82, 2.24) is 24.8 Å². The van der Waals surface area contributed by atoms with Gasteiger partial charge in [0.15, 0.2) is 0 Å². The summed E-state index contributed by atoms with van der Waals surface area (Å²) in [4.78, 5) is 30.9. The highest BCUT2D eigenvalue weighted by Gasteiger charge is 2.33. The molecular weight excluding hydrogens is 454 g/mol. The molecule has 9 nitrogen and oxygen atoms in total. The van der Waals surface area contributed by atoms with Crippen LogP contribution in [0.2, 0.25) is 0 Å². The van der Waals surface area contributed by atoms with Gasteiger partial charge in [-0.2, -0.15) is 4.31 Å². The standard InChI is InChI=1S/C24H31N5O4S/c1-4-12-25-22(30)16-27-23(31)17-29(34(3,32)33)20-10-14-28(15-11-20)18(2)24-21-8-6-5-7-19(21)9-13-26-24/h1,5-9,13,18,20H,10-12,14-17H2,2-3H3,(H,25,30)(H,27,31). The minimum absolute atomic E-state index is 0.0649. The quantitative estimate of drug-likeness (QED) is 0.510. The zero-order valence-electron chi connectivity index (χ0n) is 19.5. The Bertz CT molecular complexity index is 1160. The minimum atomic E-state index is -3.62. The first kappa shape index (κ1) is 25.6. The number of nitrogens with one attached hydrogen (secondary N) is 2. The van der Waals surface area contributed by atoms with Crippen molar-refractivity contribution in [3.05, 3.63) is 42.2 Å². The minimum Gasteiger partial charge on any atom is -0.346 e. The molecule has 1 aromatic carbocycles. The van der Waals surface area contributed by atoms with Crippen LogP contribution in [0.1, 0.15) is 31.5 Å². The predicted octanol–water partition coefficient (Wildman–Crippen LogP) is 0.887. The fraction of sp³-hybridized carbons (Fsp3) is 0.458. The van der Waals surface area contributed by atoms with Gasteiger partial charge in [-0.3, -0.25) is 19.5 Å². The molecule has 1 saturated heterocycles. The highest BCUT2D eigenvalue weighted by Crippen LogP contribution is 2.29. The fourth-order valence-electron chi connectivity index (χ4n) is 4.32. The number of aromatic nitrogens is 1. The molecule has 2 amide bonds. The van der Waals surface area contributed by atoms with E-state index in [4.69, 9.17) is 6.42 Å². The molecule has 2 N–H and O–H groups in total. The van der Waals surface area contributed by atoms with Crippen LogP contribution in [-0.4, -0.2) is 79.4 Å². The number of hydrogen-bond donors (Lipinski definition) is 2. The summed E-state index contributed by atoms with van der Waals surface area (Å²) in [5, 5.41) is 7.14. The summed E-state index contributed by atoms with van der Waals surface area (Å²) in [6.45, 7) is 2.95. The zero-order chi connectivity index (χ0) is 24.7. The monoisotopic (exact) mass is 485 g/mol. The van der Waals surface area contributed by atoms with Crippen molar-refractivity contribution in [3.63, 3.8) is 0 Å². The Hall–Kier alpha value is -3.00. The molecule has 182 valence electrons. The molecule has 1 aliphatic heterocycles. The largest absolute Gasteiger partial charge is 0.346 e. The van der Waals surface area contributed by atoms with Gasteiger partial charge < -0.3 is 10.6 Å². The maximum absolute atomic E-state index is 12.4. The summed E-state index contributed by atoms with van der Waals surface area (Å²) in [5.74, 6) is 1.31. The summed E-state index contributed by atoms with van der Waals surface area (Å²) >= 11 is 0. The van der Waals surface area contributed by atoms with Crippen molar-refractivity contribution in [1.29, 1.82) is 0 Å². The first-order chi connectivity index (χ1) is 16.2. The predicted molar refractivity (Wildman–Crippen MR) is 131 cm³/mol. The van der Waals surface area contributed by atoms with Crippen LogP contribution in [0.15, 0.2) is 36.5 Å². The molecule has 34 heavy (non-hydrogen) atoms. The lowest BCUT2D eigenvalue weighted by Crippen LogP contribution is -2.51. The molecule has 1 unspecified atom stereocenters. The molecule has 0 saturated carbocycles. The molecule has 1 aliphatic rings. The molecule has 10 heteroatoms. The Morgan fingerprint density at radius 2 is 1.91 bits per heavy atom. The van der Waals surface area contributed by atoms with E-state index in [1.165, 1.54) is 4.31 Å². The fourth-order valence-corrected chi connectivity index (χ4v) is 5.42. The average molecular weight is 486 g/mol. The van der Waals surface area contributed by atoms with Gasteiger partial charge in [0.2, 0.25) is 21.8 Å². The lowest BCUT2D eigenvalue weighted by Gasteiger charge is -2.39. The Balaban J connectivity index is 1.61. The molecule has 1 atom stereocenters. The number of terminal acetylenes is 1. The van der Waals surface area contributed by atoms with Crippen LogP contribution in [-0.2, 0) is 19.6 Å². The van der Waals surface area contributed by atoms with Gasteiger partial charge in [0, 0.05) is 36.8 Å². The molecular formula is C24H31N5O4S. The first-order valence-electron chi connectivity index (χ1n) is 11.2. The lowest BCUT2D eigenvalue weighted by molar-refractivity contribution is -0.126. The average Bonchev–Trinajstić information content (AvgIpc) is 2.83. The second-order valence-electron chi connectivity index (χ2n) is 8.43. The van der Waals surface area contributed by atoms with Crippen molar-refractivity contribution in [3.8, 4) is 12.3 Å². The third kappa shape index (κ3) is 6.53. The van der Waals surface area contributed by atoms with Crippen molar-refractivity contribution in [2.24, 2.45) is 0 Å². The summed E-state index contributed by atoms with van der Waals surface area (Å²) in [6, 6.07) is 9.90. The van der Waals surface area contributed by atoms with Gasteiger partial charge in [0.05, 0.1) is 31.6 Å². The number of carbonyl (C=O) groups is 2. The van der Waals surface area contributed by atoms with Gasteiger partial charge in [-0.1, -0.05) is 30.2 Å². The molecule has 1 aromatic heterocycles. The van der Waals surface area contributed by atoms with Crippen molar-refractivity contribution in [2.45, 2.75) is 31.8 Å². The molecule has 0 radical (unpaired) electrons. The number of carbonyl (C=O) groups excluding carboxylic acids is 2. The van der Waals surface area contributed by atoms with Crippen LogP contribution in [0.25, 0.3) is 10.8 Å². The van der Waals surface area contributed by atoms with Crippen LogP contribution in [0.4, 0.5) is 0 Å². The third-order valence-electron chi connectivity index (χ3n) is 6.11. The van der Waals surface area contributed by atoms with Crippen molar-refractivity contribution in [2.75, 3.05) is 39.0 Å². The van der Waals surface area contributed by atoms with Gasteiger partial charge in [-0.25, -0.2) is 8.42 Å². The number of benzene rings is 1. The number of nitrogens with zero attached hydrogens (tertiary/aromatic N) is 3.